The molecule has 4 heterocycles. The van der Waals surface area contributed by atoms with Gasteiger partial charge >= 0.3 is 0 Å². The highest BCUT2D eigenvalue weighted by Crippen LogP contribution is 2.30. The highest BCUT2D eigenvalue weighted by molar-refractivity contribution is 6.06. The number of morpholine rings is 2. The van der Waals surface area contributed by atoms with Gasteiger partial charge in [0.25, 0.3) is 0 Å². The van der Waals surface area contributed by atoms with Crippen molar-refractivity contribution in [1.29, 1.82) is 0 Å². The van der Waals surface area contributed by atoms with Crippen molar-refractivity contribution in [3.05, 3.63) is 70.9 Å². The number of hydrogen-bond acceptors (Lipinski definition) is 8. The van der Waals surface area contributed by atoms with Crippen molar-refractivity contribution in [2.75, 3.05) is 62.4 Å². The first-order valence-electron chi connectivity index (χ1n) is 14.6. The van der Waals surface area contributed by atoms with Crippen LogP contribution in [0.4, 0.5) is 28.9 Å². The highest BCUT2D eigenvalue weighted by Gasteiger charge is 2.27. The fourth-order valence-electron chi connectivity index (χ4n) is 5.72. The second kappa shape index (κ2) is 13.8. The van der Waals surface area contributed by atoms with Gasteiger partial charge < -0.3 is 19.3 Å². The van der Waals surface area contributed by atoms with E-state index in [2.05, 4.69) is 27.6 Å². The van der Waals surface area contributed by atoms with Gasteiger partial charge in [-0.3, -0.25) is 10.2 Å². The number of allylic oxidation sites excluding steroid dienone is 1. The number of nitrogens with one attached hydrogen (secondary N) is 2. The van der Waals surface area contributed by atoms with Gasteiger partial charge in [0.05, 0.1) is 37.9 Å². The van der Waals surface area contributed by atoms with Crippen LogP contribution in [-0.2, 0) is 14.3 Å². The molecular weight excluding hydrogens is 580 g/mol. The van der Waals surface area contributed by atoms with Gasteiger partial charge in [-0.05, 0) is 30.7 Å². The smallest absolute Gasteiger partial charge is 0.240 e. The van der Waals surface area contributed by atoms with Crippen LogP contribution in [0.3, 0.4) is 0 Å². The summed E-state index contributed by atoms with van der Waals surface area (Å²) in [5.41, 5.74) is 7.93. The van der Waals surface area contributed by atoms with Gasteiger partial charge in [0.15, 0.2) is 0 Å². The summed E-state index contributed by atoms with van der Waals surface area (Å²) in [6.07, 6.45) is 0.959. The number of nitrogens with zero attached hydrogens (tertiary/aromatic N) is 4. The van der Waals surface area contributed by atoms with Gasteiger partial charge in [0, 0.05) is 61.3 Å². The average molecular weight is 617 g/mol. The molecule has 0 saturated carbocycles. The maximum atomic E-state index is 14.4. The zero-order valence-corrected chi connectivity index (χ0v) is 24.8. The number of halogens is 4. The summed E-state index contributed by atoms with van der Waals surface area (Å²) in [6.45, 7) is 11.4. The Labute approximate surface area is 253 Å². The van der Waals surface area contributed by atoms with Gasteiger partial charge in [-0.1, -0.05) is 20.4 Å². The molecule has 2 atom stereocenters. The van der Waals surface area contributed by atoms with Crippen LogP contribution in [0.15, 0.2) is 46.7 Å². The van der Waals surface area contributed by atoms with E-state index in [0.717, 1.165) is 5.70 Å². The third-order valence-corrected chi connectivity index (χ3v) is 7.89. The van der Waals surface area contributed by atoms with Crippen LogP contribution < -0.4 is 20.7 Å². The monoisotopic (exact) mass is 616 g/mol. The van der Waals surface area contributed by atoms with E-state index >= 15 is 0 Å². The predicted octanol–water partition coefficient (Wildman–Crippen LogP) is 4.31. The minimum absolute atomic E-state index is 0.0217. The Morgan fingerprint density at radius 1 is 0.705 bits per heavy atom. The van der Waals surface area contributed by atoms with Crippen molar-refractivity contribution in [2.45, 2.75) is 26.7 Å². The van der Waals surface area contributed by atoms with Crippen LogP contribution in [-0.4, -0.2) is 69.9 Å². The van der Waals surface area contributed by atoms with E-state index in [1.807, 2.05) is 13.8 Å². The number of hydrogen-bond donors (Lipinski definition) is 2. The first kappa shape index (κ1) is 31.5. The molecule has 0 bridgehead atoms. The predicted molar refractivity (Wildman–Crippen MR) is 160 cm³/mol. The van der Waals surface area contributed by atoms with Crippen LogP contribution in [0.2, 0.25) is 0 Å². The van der Waals surface area contributed by atoms with Gasteiger partial charge in [-0.25, -0.2) is 23.0 Å². The van der Waals surface area contributed by atoms with Crippen LogP contribution in [0, 0.1) is 35.1 Å². The molecule has 2 aromatic carbocycles. The minimum atomic E-state index is -0.622. The summed E-state index contributed by atoms with van der Waals surface area (Å²) in [6, 6.07) is 5.28. The molecule has 1 amide bonds. The van der Waals surface area contributed by atoms with Crippen LogP contribution in [0.1, 0.15) is 37.8 Å². The van der Waals surface area contributed by atoms with Crippen molar-refractivity contribution < 1.29 is 31.8 Å². The maximum absolute atomic E-state index is 14.4. The first-order chi connectivity index (χ1) is 21.1. The molecule has 44 heavy (non-hydrogen) atoms. The Morgan fingerprint density at radius 3 is 1.48 bits per heavy atom. The van der Waals surface area contributed by atoms with E-state index in [-0.39, 0.29) is 35.5 Å². The maximum Gasteiger partial charge on any atom is 0.240 e. The van der Waals surface area contributed by atoms with Crippen LogP contribution in [0.5, 0.6) is 0 Å². The molecule has 2 fully saturated rings. The number of benzene rings is 2. The van der Waals surface area contributed by atoms with Crippen molar-refractivity contribution >= 4 is 28.7 Å². The Bertz CT molecular complexity index is 1310. The molecule has 4 aliphatic rings. The molecule has 0 radical (unpaired) electrons. The van der Waals surface area contributed by atoms with E-state index < -0.39 is 23.3 Å². The highest BCUT2D eigenvalue weighted by atomic mass is 19.1. The van der Waals surface area contributed by atoms with Gasteiger partial charge in [-0.15, -0.1) is 0 Å². The lowest BCUT2D eigenvalue weighted by atomic mass is 9.93. The third kappa shape index (κ3) is 7.05. The SMILES string of the molecule is C=C1C[C@H](C)C(c2cc(F)c(N3CCOCC3)c(F)c2)=NN1.C[C@@H]1CC(=O)NN=C1c1cc(F)c(N2CCOCC2)c(F)c1. The summed E-state index contributed by atoms with van der Waals surface area (Å²) in [5.74, 6) is -2.66. The van der Waals surface area contributed by atoms with Crippen LogP contribution >= 0.6 is 0 Å². The van der Waals surface area contributed by atoms with Crippen molar-refractivity contribution in [1.82, 2.24) is 10.9 Å². The largest absolute Gasteiger partial charge is 0.378 e. The van der Waals surface area contributed by atoms with E-state index in [4.69, 9.17) is 9.47 Å². The lowest BCUT2D eigenvalue weighted by Crippen LogP contribution is -2.37. The zero-order chi connectivity index (χ0) is 31.4. The molecule has 2 N–H and O–H groups in total. The quantitative estimate of drug-likeness (QED) is 0.498. The van der Waals surface area contributed by atoms with Crippen molar-refractivity contribution in [3.8, 4) is 0 Å². The summed E-state index contributed by atoms with van der Waals surface area (Å²) in [4.78, 5) is 14.6. The summed E-state index contributed by atoms with van der Waals surface area (Å²) >= 11 is 0. The number of hydrazone groups is 2. The molecular formula is C31H36F4N6O3. The van der Waals surface area contributed by atoms with Gasteiger partial charge in [0.1, 0.15) is 34.6 Å². The van der Waals surface area contributed by atoms with E-state index in [1.54, 1.807) is 9.80 Å². The van der Waals surface area contributed by atoms with Gasteiger partial charge in [-0.2, -0.15) is 10.2 Å². The number of carbonyl (C=O) groups is 1. The van der Waals surface area contributed by atoms with Gasteiger partial charge in [0.2, 0.25) is 5.91 Å². The third-order valence-electron chi connectivity index (χ3n) is 7.89. The Hall–Kier alpha value is -3.97. The van der Waals surface area contributed by atoms with Crippen LogP contribution in [0.25, 0.3) is 0 Å². The number of rotatable bonds is 4. The second-order valence-corrected chi connectivity index (χ2v) is 11.2. The standard InChI is InChI=1S/C16H19F2N3O.C15H17F2N3O2/c1-10-7-11(2)19-20-15(10)12-8-13(17)16(14(18)9-12)21-3-5-22-6-4-21;1-9-6-13(21)18-19-14(9)10-7-11(16)15(12(17)8-10)20-2-4-22-5-3-20/h8-10,19H,2-7H2,1H3;7-9H,2-6H2,1H3,(H,18,21)/t10-;9-/m01/s1. The number of carbonyl (C=O) groups excluding carboxylic acids is 1. The fourth-order valence-corrected chi connectivity index (χ4v) is 5.72. The normalized spacial score (nSPS) is 22.3. The molecule has 13 heteroatoms. The minimum Gasteiger partial charge on any atom is -0.378 e. The number of ether oxygens (including phenoxy) is 2. The molecule has 0 aliphatic carbocycles. The van der Waals surface area contributed by atoms with E-state index in [1.165, 1.54) is 24.3 Å². The average Bonchev–Trinajstić information content (AvgIpc) is 2.98. The topological polar surface area (TPSA) is 90.8 Å². The molecule has 6 rings (SSSR count). The van der Waals surface area contributed by atoms with E-state index in [9.17, 15) is 22.4 Å². The lowest BCUT2D eigenvalue weighted by Gasteiger charge is -2.30. The summed E-state index contributed by atoms with van der Waals surface area (Å²) in [5, 5.41) is 8.12. The summed E-state index contributed by atoms with van der Waals surface area (Å²) < 4.78 is 68.1. The van der Waals surface area contributed by atoms with Crippen molar-refractivity contribution in [2.24, 2.45) is 22.0 Å². The Balaban J connectivity index is 0.000000175. The fraction of sp³-hybridized carbons (Fsp3) is 0.452. The molecule has 0 spiro atoms. The van der Waals surface area contributed by atoms with E-state index in [0.29, 0.717) is 81.6 Å². The molecule has 0 unspecified atom stereocenters. The Kier molecular flexibility index (Phi) is 9.84. The lowest BCUT2D eigenvalue weighted by molar-refractivity contribution is -0.121. The summed E-state index contributed by atoms with van der Waals surface area (Å²) in [7, 11) is 0. The molecule has 4 aliphatic heterocycles. The number of amides is 1. The number of anilines is 2. The first-order valence-corrected chi connectivity index (χ1v) is 14.6. The zero-order valence-electron chi connectivity index (χ0n) is 24.8. The molecule has 9 nitrogen and oxygen atoms in total. The van der Waals surface area contributed by atoms with Crippen molar-refractivity contribution in [3.63, 3.8) is 0 Å². The molecule has 2 saturated heterocycles. The second-order valence-electron chi connectivity index (χ2n) is 11.2. The molecule has 236 valence electrons. The Morgan fingerprint density at radius 2 is 1.09 bits per heavy atom. The molecule has 2 aromatic rings. The molecule has 0 aromatic heterocycles.